The topological polar surface area (TPSA) is 65.6 Å². The van der Waals surface area contributed by atoms with Gasteiger partial charge < -0.3 is 25.2 Å². The molecule has 1 aliphatic carbocycles. The van der Waals surface area contributed by atoms with Crippen molar-refractivity contribution in [2.45, 2.75) is 38.3 Å². The molecule has 0 unspecified atom stereocenters. The monoisotopic (exact) mass is 474 g/mol. The van der Waals surface area contributed by atoms with Crippen molar-refractivity contribution in [2.75, 3.05) is 62.1 Å². The Morgan fingerprint density at radius 1 is 0.943 bits per heavy atom. The summed E-state index contributed by atoms with van der Waals surface area (Å²) in [5, 5.41) is 8.47. The van der Waals surface area contributed by atoms with Gasteiger partial charge in [-0.15, -0.1) is 0 Å². The van der Waals surface area contributed by atoms with Gasteiger partial charge in [-0.1, -0.05) is 30.3 Å². The minimum absolute atomic E-state index is 0.435. The summed E-state index contributed by atoms with van der Waals surface area (Å²) < 4.78 is 5.53. The molecular formula is C28H38N6O. The summed E-state index contributed by atoms with van der Waals surface area (Å²) >= 11 is 0. The van der Waals surface area contributed by atoms with Gasteiger partial charge >= 0.3 is 0 Å². The van der Waals surface area contributed by atoms with Gasteiger partial charge in [-0.3, -0.25) is 0 Å². The van der Waals surface area contributed by atoms with Gasteiger partial charge in [-0.25, -0.2) is 4.98 Å². The van der Waals surface area contributed by atoms with E-state index in [4.69, 9.17) is 14.7 Å². The highest BCUT2D eigenvalue weighted by molar-refractivity contribution is 5.90. The van der Waals surface area contributed by atoms with Crippen LogP contribution in [0.2, 0.25) is 0 Å². The van der Waals surface area contributed by atoms with Crippen LogP contribution in [0.3, 0.4) is 0 Å². The number of hydrogen-bond acceptors (Lipinski definition) is 7. The molecule has 1 saturated heterocycles. The second-order valence-electron chi connectivity index (χ2n) is 10.0. The molecule has 2 heterocycles. The number of aromatic nitrogens is 2. The second kappa shape index (κ2) is 11.2. The van der Waals surface area contributed by atoms with E-state index in [9.17, 15) is 0 Å². The Morgan fingerprint density at radius 2 is 1.69 bits per heavy atom. The lowest BCUT2D eigenvalue weighted by Crippen LogP contribution is -2.37. The molecule has 5 rings (SSSR count). The van der Waals surface area contributed by atoms with Gasteiger partial charge in [0.15, 0.2) is 0 Å². The molecule has 2 fully saturated rings. The fourth-order valence-electron chi connectivity index (χ4n) is 5.34. The fourth-order valence-corrected chi connectivity index (χ4v) is 5.34. The molecule has 0 atom stereocenters. The standard InChI is InChI=1S/C28H38N6O/c1-33(2)27-24-8-4-5-9-25(24)31-28(32-27)30-23-13-11-21(12-14-23)19-29-20-22-7-3-6-10-26(22)34-15-17-35-18-16-34/h3-10,21,23,29H,11-20H2,1-2H3,(H,30,31,32)/t21-,23+. The number of benzene rings is 2. The first-order valence-electron chi connectivity index (χ1n) is 13.0. The predicted molar refractivity (Wildman–Crippen MR) is 144 cm³/mol. The molecule has 1 saturated carbocycles. The maximum Gasteiger partial charge on any atom is 0.225 e. The lowest BCUT2D eigenvalue weighted by Gasteiger charge is -2.31. The van der Waals surface area contributed by atoms with Crippen molar-refractivity contribution in [3.05, 3.63) is 54.1 Å². The maximum atomic E-state index is 5.53. The van der Waals surface area contributed by atoms with Crippen LogP contribution in [0.1, 0.15) is 31.2 Å². The van der Waals surface area contributed by atoms with Gasteiger partial charge in [0.05, 0.1) is 18.7 Å². The smallest absolute Gasteiger partial charge is 0.225 e. The summed E-state index contributed by atoms with van der Waals surface area (Å²) in [5.74, 6) is 2.43. The maximum absolute atomic E-state index is 5.53. The minimum Gasteiger partial charge on any atom is -0.378 e. The number of anilines is 3. The van der Waals surface area contributed by atoms with E-state index in [0.29, 0.717) is 6.04 Å². The average molecular weight is 475 g/mol. The minimum atomic E-state index is 0.435. The molecule has 7 heteroatoms. The van der Waals surface area contributed by atoms with Gasteiger partial charge in [0, 0.05) is 50.8 Å². The number of rotatable bonds is 8. The molecular weight excluding hydrogens is 436 g/mol. The number of morpholine rings is 1. The van der Waals surface area contributed by atoms with Gasteiger partial charge in [0.25, 0.3) is 0 Å². The van der Waals surface area contributed by atoms with Crippen LogP contribution < -0.4 is 20.4 Å². The first-order valence-corrected chi connectivity index (χ1v) is 13.0. The molecule has 0 bridgehead atoms. The average Bonchev–Trinajstić information content (AvgIpc) is 2.90. The van der Waals surface area contributed by atoms with Crippen molar-refractivity contribution in [2.24, 2.45) is 5.92 Å². The van der Waals surface area contributed by atoms with E-state index < -0.39 is 0 Å². The molecule has 2 N–H and O–H groups in total. The van der Waals surface area contributed by atoms with Crippen LogP contribution in [0, 0.1) is 5.92 Å². The molecule has 186 valence electrons. The summed E-state index contributed by atoms with van der Waals surface area (Å²) in [6.45, 7) is 5.58. The zero-order valence-corrected chi connectivity index (χ0v) is 21.0. The lowest BCUT2D eigenvalue weighted by atomic mass is 9.86. The highest BCUT2D eigenvalue weighted by Gasteiger charge is 2.22. The molecule has 2 aliphatic rings. The van der Waals surface area contributed by atoms with Crippen molar-refractivity contribution < 1.29 is 4.74 Å². The summed E-state index contributed by atoms with van der Waals surface area (Å²) in [6.07, 6.45) is 4.77. The largest absolute Gasteiger partial charge is 0.378 e. The van der Waals surface area contributed by atoms with Crippen LogP contribution >= 0.6 is 0 Å². The van der Waals surface area contributed by atoms with Crippen LogP contribution in [0.25, 0.3) is 10.9 Å². The van der Waals surface area contributed by atoms with Crippen LogP contribution in [0.4, 0.5) is 17.5 Å². The number of para-hydroxylation sites is 2. The number of fused-ring (bicyclic) bond motifs is 1. The SMILES string of the molecule is CN(C)c1nc(N[C@H]2CC[C@@H](CNCc3ccccc3N3CCOCC3)CC2)nc2ccccc12. The lowest BCUT2D eigenvalue weighted by molar-refractivity contribution is 0.122. The van der Waals surface area contributed by atoms with Crippen LogP contribution in [-0.2, 0) is 11.3 Å². The van der Waals surface area contributed by atoms with E-state index in [1.54, 1.807) is 0 Å². The van der Waals surface area contributed by atoms with Crippen molar-refractivity contribution in [3.8, 4) is 0 Å². The molecule has 2 aromatic carbocycles. The zero-order chi connectivity index (χ0) is 24.0. The first kappa shape index (κ1) is 23.8. The third-order valence-corrected chi connectivity index (χ3v) is 7.28. The van der Waals surface area contributed by atoms with E-state index in [1.165, 1.54) is 24.1 Å². The van der Waals surface area contributed by atoms with Gasteiger partial charge in [0.2, 0.25) is 5.95 Å². The number of hydrogen-bond donors (Lipinski definition) is 2. The van der Waals surface area contributed by atoms with E-state index >= 15 is 0 Å². The molecule has 0 radical (unpaired) electrons. The molecule has 35 heavy (non-hydrogen) atoms. The Morgan fingerprint density at radius 3 is 2.49 bits per heavy atom. The molecule has 7 nitrogen and oxygen atoms in total. The molecule has 0 spiro atoms. The highest BCUT2D eigenvalue weighted by atomic mass is 16.5. The fraction of sp³-hybridized carbons (Fsp3) is 0.500. The molecule has 3 aromatic rings. The summed E-state index contributed by atoms with van der Waals surface area (Å²) in [4.78, 5) is 14.1. The van der Waals surface area contributed by atoms with E-state index in [-0.39, 0.29) is 0 Å². The first-order chi connectivity index (χ1) is 17.2. The predicted octanol–water partition coefficient (Wildman–Crippen LogP) is 4.29. The third-order valence-electron chi connectivity index (χ3n) is 7.28. The van der Waals surface area contributed by atoms with E-state index in [1.807, 2.05) is 26.2 Å². The van der Waals surface area contributed by atoms with E-state index in [0.717, 1.165) is 80.8 Å². The molecule has 0 amide bonds. The Hall–Kier alpha value is -2.90. The quantitative estimate of drug-likeness (QED) is 0.505. The third kappa shape index (κ3) is 5.85. The highest BCUT2D eigenvalue weighted by Crippen LogP contribution is 2.28. The Balaban J connectivity index is 1.12. The Labute approximate surface area is 208 Å². The number of nitrogens with one attached hydrogen (secondary N) is 2. The zero-order valence-electron chi connectivity index (χ0n) is 21.0. The second-order valence-corrected chi connectivity index (χ2v) is 10.0. The van der Waals surface area contributed by atoms with Crippen molar-refractivity contribution >= 4 is 28.4 Å². The molecule has 1 aromatic heterocycles. The van der Waals surface area contributed by atoms with Crippen molar-refractivity contribution in [3.63, 3.8) is 0 Å². The summed E-state index contributed by atoms with van der Waals surface area (Å²) in [6, 6.07) is 17.5. The van der Waals surface area contributed by atoms with Gasteiger partial charge in [0.1, 0.15) is 5.82 Å². The van der Waals surface area contributed by atoms with E-state index in [2.05, 4.69) is 56.8 Å². The van der Waals surface area contributed by atoms with Gasteiger partial charge in [-0.2, -0.15) is 4.98 Å². The van der Waals surface area contributed by atoms with Crippen LogP contribution in [0.15, 0.2) is 48.5 Å². The van der Waals surface area contributed by atoms with Crippen molar-refractivity contribution in [1.82, 2.24) is 15.3 Å². The Bertz CT molecular complexity index is 1110. The van der Waals surface area contributed by atoms with Gasteiger partial charge in [-0.05, 0) is 61.9 Å². The van der Waals surface area contributed by atoms with Crippen LogP contribution in [0.5, 0.6) is 0 Å². The summed E-state index contributed by atoms with van der Waals surface area (Å²) in [5.41, 5.74) is 3.72. The number of ether oxygens (including phenoxy) is 1. The normalized spacial score (nSPS) is 20.7. The summed E-state index contributed by atoms with van der Waals surface area (Å²) in [7, 11) is 4.08. The van der Waals surface area contributed by atoms with Crippen LogP contribution in [-0.4, -0.2) is 63.0 Å². The Kier molecular flexibility index (Phi) is 7.64. The van der Waals surface area contributed by atoms with Crippen molar-refractivity contribution in [1.29, 1.82) is 0 Å². The molecule has 1 aliphatic heterocycles. The number of nitrogens with zero attached hydrogens (tertiary/aromatic N) is 4.